The molecule has 1 fully saturated rings. The SMILES string of the molecule is Cc1ccc2c(c1)C(=O)N(CCC(=O)NCc1ccc(CN3CCCCC3)cc1)C2=O. The van der Waals surface area contributed by atoms with Crippen LogP contribution in [0.2, 0.25) is 0 Å². The van der Waals surface area contributed by atoms with Gasteiger partial charge in [0.25, 0.3) is 11.8 Å². The third kappa shape index (κ3) is 5.02. The maximum absolute atomic E-state index is 12.5. The minimum atomic E-state index is -0.322. The molecule has 31 heavy (non-hydrogen) atoms. The number of rotatable bonds is 7. The van der Waals surface area contributed by atoms with E-state index in [1.54, 1.807) is 12.1 Å². The Morgan fingerprint density at radius 1 is 0.903 bits per heavy atom. The molecular weight excluding hydrogens is 390 g/mol. The molecule has 4 rings (SSSR count). The lowest BCUT2D eigenvalue weighted by Gasteiger charge is -2.26. The number of benzene rings is 2. The Bertz CT molecular complexity index is 978. The van der Waals surface area contributed by atoms with E-state index in [9.17, 15) is 14.4 Å². The lowest BCUT2D eigenvalue weighted by molar-refractivity contribution is -0.121. The summed E-state index contributed by atoms with van der Waals surface area (Å²) in [5.41, 5.74) is 4.10. The summed E-state index contributed by atoms with van der Waals surface area (Å²) >= 11 is 0. The first-order chi connectivity index (χ1) is 15.0. The van der Waals surface area contributed by atoms with Gasteiger partial charge in [-0.1, -0.05) is 42.3 Å². The van der Waals surface area contributed by atoms with Gasteiger partial charge in [0.2, 0.25) is 5.91 Å². The van der Waals surface area contributed by atoms with E-state index in [-0.39, 0.29) is 30.7 Å². The van der Waals surface area contributed by atoms with Gasteiger partial charge in [0.05, 0.1) is 11.1 Å². The smallest absolute Gasteiger partial charge is 0.261 e. The molecule has 6 nitrogen and oxygen atoms in total. The molecule has 3 amide bonds. The maximum Gasteiger partial charge on any atom is 0.261 e. The number of hydrogen-bond acceptors (Lipinski definition) is 4. The van der Waals surface area contributed by atoms with E-state index in [2.05, 4.69) is 22.3 Å². The molecule has 1 saturated heterocycles. The lowest BCUT2D eigenvalue weighted by Crippen LogP contribution is -2.34. The molecule has 0 atom stereocenters. The Labute approximate surface area is 183 Å². The van der Waals surface area contributed by atoms with Crippen LogP contribution in [0.25, 0.3) is 0 Å². The molecule has 6 heteroatoms. The second kappa shape index (κ2) is 9.43. The highest BCUT2D eigenvalue weighted by Gasteiger charge is 2.35. The molecule has 0 unspecified atom stereocenters. The quantitative estimate of drug-likeness (QED) is 0.700. The van der Waals surface area contributed by atoms with Gasteiger partial charge in [-0.2, -0.15) is 0 Å². The van der Waals surface area contributed by atoms with Crippen molar-refractivity contribution in [3.63, 3.8) is 0 Å². The molecule has 162 valence electrons. The van der Waals surface area contributed by atoms with E-state index in [0.29, 0.717) is 17.7 Å². The van der Waals surface area contributed by atoms with Gasteiger partial charge in [0.15, 0.2) is 0 Å². The average Bonchev–Trinajstić information content (AvgIpc) is 3.01. The van der Waals surface area contributed by atoms with Crippen molar-refractivity contribution in [3.8, 4) is 0 Å². The molecule has 2 aliphatic heterocycles. The average molecular weight is 420 g/mol. The summed E-state index contributed by atoms with van der Waals surface area (Å²) in [7, 11) is 0. The fourth-order valence-electron chi connectivity index (χ4n) is 4.25. The summed E-state index contributed by atoms with van der Waals surface area (Å²) in [5, 5.41) is 2.89. The van der Waals surface area contributed by atoms with E-state index < -0.39 is 0 Å². The Morgan fingerprint density at radius 3 is 2.32 bits per heavy atom. The molecule has 0 bridgehead atoms. The monoisotopic (exact) mass is 419 g/mol. The molecule has 2 heterocycles. The predicted octanol–water partition coefficient (Wildman–Crippen LogP) is 3.28. The Hall–Kier alpha value is -2.99. The summed E-state index contributed by atoms with van der Waals surface area (Å²) in [6.07, 6.45) is 3.99. The number of likely N-dealkylation sites (tertiary alicyclic amines) is 1. The lowest BCUT2D eigenvalue weighted by atomic mass is 10.1. The first kappa shape index (κ1) is 21.2. The van der Waals surface area contributed by atoms with Crippen molar-refractivity contribution in [2.45, 2.75) is 45.7 Å². The number of aryl methyl sites for hydroxylation is 1. The highest BCUT2D eigenvalue weighted by atomic mass is 16.2. The number of nitrogens with one attached hydrogen (secondary N) is 1. The molecule has 0 spiro atoms. The molecular formula is C25H29N3O3. The van der Waals surface area contributed by atoms with Crippen molar-refractivity contribution in [2.24, 2.45) is 0 Å². The highest BCUT2D eigenvalue weighted by Crippen LogP contribution is 2.24. The van der Waals surface area contributed by atoms with Crippen LogP contribution < -0.4 is 5.32 Å². The van der Waals surface area contributed by atoms with Gasteiger partial charge in [0, 0.05) is 26.1 Å². The van der Waals surface area contributed by atoms with Crippen LogP contribution in [0, 0.1) is 6.92 Å². The molecule has 0 saturated carbocycles. The Kier molecular flexibility index (Phi) is 6.47. The molecule has 0 aliphatic carbocycles. The van der Waals surface area contributed by atoms with E-state index in [0.717, 1.165) is 17.7 Å². The number of hydrogen-bond donors (Lipinski definition) is 1. The summed E-state index contributed by atoms with van der Waals surface area (Å²) in [6, 6.07) is 13.6. The fourth-order valence-corrected chi connectivity index (χ4v) is 4.25. The first-order valence-corrected chi connectivity index (χ1v) is 11.0. The number of carbonyl (C=O) groups is 3. The van der Waals surface area contributed by atoms with Crippen LogP contribution in [0.3, 0.4) is 0 Å². The second-order valence-electron chi connectivity index (χ2n) is 8.49. The number of imide groups is 1. The zero-order valence-electron chi connectivity index (χ0n) is 18.0. The van der Waals surface area contributed by atoms with Crippen molar-refractivity contribution >= 4 is 17.7 Å². The topological polar surface area (TPSA) is 69.7 Å². The van der Waals surface area contributed by atoms with Gasteiger partial charge >= 0.3 is 0 Å². The van der Waals surface area contributed by atoms with Gasteiger partial charge < -0.3 is 5.32 Å². The second-order valence-corrected chi connectivity index (χ2v) is 8.49. The largest absolute Gasteiger partial charge is 0.352 e. The summed E-state index contributed by atoms with van der Waals surface area (Å²) < 4.78 is 0. The molecule has 2 aromatic carbocycles. The molecule has 1 N–H and O–H groups in total. The van der Waals surface area contributed by atoms with Crippen LogP contribution in [-0.2, 0) is 17.9 Å². The van der Waals surface area contributed by atoms with Crippen LogP contribution in [0.1, 0.15) is 63.1 Å². The van der Waals surface area contributed by atoms with Crippen molar-refractivity contribution in [3.05, 3.63) is 70.3 Å². The van der Waals surface area contributed by atoms with Gasteiger partial charge in [-0.25, -0.2) is 0 Å². The van der Waals surface area contributed by atoms with Gasteiger partial charge in [-0.3, -0.25) is 24.2 Å². The zero-order valence-corrected chi connectivity index (χ0v) is 18.0. The molecule has 2 aromatic rings. The fraction of sp³-hybridized carbons (Fsp3) is 0.400. The van der Waals surface area contributed by atoms with Gasteiger partial charge in [0.1, 0.15) is 0 Å². The molecule has 0 radical (unpaired) electrons. The number of fused-ring (bicyclic) bond motifs is 1. The van der Waals surface area contributed by atoms with Crippen LogP contribution in [-0.4, -0.2) is 47.2 Å². The van der Waals surface area contributed by atoms with Gasteiger partial charge in [-0.05, 0) is 56.1 Å². The van der Waals surface area contributed by atoms with Crippen molar-refractivity contribution in [1.82, 2.24) is 15.1 Å². The van der Waals surface area contributed by atoms with Crippen molar-refractivity contribution in [1.29, 1.82) is 0 Å². The molecule has 2 aliphatic rings. The van der Waals surface area contributed by atoms with E-state index >= 15 is 0 Å². The van der Waals surface area contributed by atoms with Crippen molar-refractivity contribution < 1.29 is 14.4 Å². The van der Waals surface area contributed by atoms with Gasteiger partial charge in [-0.15, -0.1) is 0 Å². The number of piperidine rings is 1. The third-order valence-corrected chi connectivity index (χ3v) is 6.06. The highest BCUT2D eigenvalue weighted by molar-refractivity contribution is 6.21. The Morgan fingerprint density at radius 2 is 1.58 bits per heavy atom. The van der Waals surface area contributed by atoms with Crippen molar-refractivity contribution in [2.75, 3.05) is 19.6 Å². The first-order valence-electron chi connectivity index (χ1n) is 11.0. The van der Waals surface area contributed by atoms with Crippen LogP contribution in [0.15, 0.2) is 42.5 Å². The van der Waals surface area contributed by atoms with E-state index in [1.807, 2.05) is 25.1 Å². The Balaban J connectivity index is 1.23. The van der Waals surface area contributed by atoms with E-state index in [1.165, 1.54) is 42.8 Å². The normalized spacial score (nSPS) is 16.5. The van der Waals surface area contributed by atoms with Crippen LogP contribution in [0.4, 0.5) is 0 Å². The maximum atomic E-state index is 12.5. The third-order valence-electron chi connectivity index (χ3n) is 6.06. The number of nitrogens with zero attached hydrogens (tertiary/aromatic N) is 2. The standard InChI is InChI=1S/C25H29N3O3/c1-18-5-10-21-22(15-18)25(31)28(24(21)30)14-11-23(29)26-16-19-6-8-20(9-7-19)17-27-12-3-2-4-13-27/h5-10,15H,2-4,11-14,16-17H2,1H3,(H,26,29). The minimum Gasteiger partial charge on any atom is -0.352 e. The summed E-state index contributed by atoms with van der Waals surface area (Å²) in [5.74, 6) is -0.817. The summed E-state index contributed by atoms with van der Waals surface area (Å²) in [6.45, 7) is 5.73. The van der Waals surface area contributed by atoms with Crippen LogP contribution in [0.5, 0.6) is 0 Å². The number of carbonyl (C=O) groups excluding carboxylic acids is 3. The van der Waals surface area contributed by atoms with E-state index in [4.69, 9.17) is 0 Å². The zero-order chi connectivity index (χ0) is 21.8. The number of amides is 3. The van der Waals surface area contributed by atoms with Crippen LogP contribution >= 0.6 is 0 Å². The molecule has 0 aromatic heterocycles. The summed E-state index contributed by atoms with van der Waals surface area (Å²) in [4.78, 5) is 40.9. The predicted molar refractivity (Wildman–Crippen MR) is 119 cm³/mol. The minimum absolute atomic E-state index is 0.0893.